The van der Waals surface area contributed by atoms with Crippen molar-refractivity contribution in [1.82, 2.24) is 14.8 Å². The van der Waals surface area contributed by atoms with E-state index in [1.165, 1.54) is 18.1 Å². The molecule has 0 amide bonds. The molecule has 0 bridgehead atoms. The summed E-state index contributed by atoms with van der Waals surface area (Å²) in [4.78, 5) is 8.23. The molecule has 38 heavy (non-hydrogen) atoms. The number of rotatable bonds is 8. The van der Waals surface area contributed by atoms with Crippen LogP contribution in [-0.2, 0) is 9.47 Å². The normalized spacial score (nSPS) is 30.7. The largest absolute Gasteiger partial charge is 0.369 e. The third kappa shape index (κ3) is 6.81. The van der Waals surface area contributed by atoms with E-state index in [4.69, 9.17) is 14.7 Å². The Kier molecular flexibility index (Phi) is 8.96. The molecule has 1 spiro atoms. The highest BCUT2D eigenvalue weighted by Crippen LogP contribution is 2.46. The summed E-state index contributed by atoms with van der Waals surface area (Å²) in [5.41, 5.74) is 0.168. The van der Waals surface area contributed by atoms with Gasteiger partial charge in [-0.2, -0.15) is 10.4 Å². The Hall–Kier alpha value is -1.88. The summed E-state index contributed by atoms with van der Waals surface area (Å²) in [5.74, 6) is -4.19. The number of aliphatic imine (C=N–C) groups is 1. The van der Waals surface area contributed by atoms with E-state index in [0.717, 1.165) is 10.7 Å². The quantitative estimate of drug-likeness (QED) is 0.363. The molecule has 0 aromatic rings. The number of halogens is 2. The first-order chi connectivity index (χ1) is 18.0. The highest BCUT2D eigenvalue weighted by Gasteiger charge is 2.56. The average molecular weight is 553 g/mol. The van der Waals surface area contributed by atoms with Crippen molar-refractivity contribution in [1.29, 1.82) is 5.26 Å². The lowest BCUT2D eigenvalue weighted by Gasteiger charge is -2.45. The molecule has 0 aromatic carbocycles. The second kappa shape index (κ2) is 11.7. The van der Waals surface area contributed by atoms with Gasteiger partial charge in [-0.3, -0.25) is 14.8 Å². The highest BCUT2D eigenvalue weighted by atomic mass is 32.2. The maximum Gasteiger partial charge on any atom is 0.262 e. The number of nitriles is 1. The molecule has 3 atom stereocenters. The summed E-state index contributed by atoms with van der Waals surface area (Å²) >= 11 is 1.50. The fraction of sp³-hybridized carbons (Fsp3) is 0.731. The molecule has 1 N–H and O–H groups in total. The smallest absolute Gasteiger partial charge is 0.262 e. The van der Waals surface area contributed by atoms with Crippen molar-refractivity contribution in [2.45, 2.75) is 75.1 Å². The minimum absolute atomic E-state index is 0.192. The first-order valence-corrected chi connectivity index (χ1v) is 14.2. The van der Waals surface area contributed by atoms with Gasteiger partial charge in [0.15, 0.2) is 5.79 Å². The lowest BCUT2D eigenvalue weighted by molar-refractivity contribution is -0.216. The number of hydrogen-bond acceptors (Lipinski definition) is 10. The van der Waals surface area contributed by atoms with Crippen molar-refractivity contribution in [2.75, 3.05) is 45.5 Å². The van der Waals surface area contributed by atoms with E-state index < -0.39 is 29.5 Å². The van der Waals surface area contributed by atoms with Crippen molar-refractivity contribution in [3.8, 4) is 6.07 Å². The van der Waals surface area contributed by atoms with Gasteiger partial charge in [-0.25, -0.2) is 13.8 Å². The van der Waals surface area contributed by atoms with Crippen molar-refractivity contribution in [3.63, 3.8) is 0 Å². The van der Waals surface area contributed by atoms with Crippen LogP contribution >= 0.6 is 11.8 Å². The first-order valence-electron chi connectivity index (χ1n) is 13.0. The van der Waals surface area contributed by atoms with Crippen LogP contribution < -0.4 is 0 Å². The number of ether oxygens (including phenoxy) is 2. The number of thioether (sulfide) groups is 1. The number of likely N-dealkylation sites (tertiary alicyclic amines) is 2. The fourth-order valence-corrected chi connectivity index (χ4v) is 6.54. The van der Waals surface area contributed by atoms with Crippen molar-refractivity contribution in [3.05, 3.63) is 24.4 Å². The van der Waals surface area contributed by atoms with E-state index in [0.29, 0.717) is 45.4 Å². The van der Waals surface area contributed by atoms with Gasteiger partial charge >= 0.3 is 0 Å². The Morgan fingerprint density at radius 1 is 1.37 bits per heavy atom. The van der Waals surface area contributed by atoms with Crippen LogP contribution in [-0.4, -0.2) is 112 Å². The number of hydrazone groups is 1. The van der Waals surface area contributed by atoms with Gasteiger partial charge in [0.2, 0.25) is 0 Å². The van der Waals surface area contributed by atoms with E-state index in [1.807, 2.05) is 27.1 Å². The van der Waals surface area contributed by atoms with Crippen LogP contribution in [0.5, 0.6) is 0 Å². The average Bonchev–Trinajstić information content (AvgIpc) is 3.31. The molecule has 1 unspecified atom stereocenters. The topological polar surface area (TPSA) is 96.9 Å². The van der Waals surface area contributed by atoms with Gasteiger partial charge in [-0.05, 0) is 39.0 Å². The van der Waals surface area contributed by atoms with E-state index in [2.05, 4.69) is 22.7 Å². The molecule has 3 fully saturated rings. The molecule has 0 saturated carbocycles. The molecule has 3 saturated heterocycles. The lowest BCUT2D eigenvalue weighted by Crippen LogP contribution is -2.55. The Bertz CT molecular complexity index is 1000. The molecule has 0 radical (unpaired) electrons. The van der Waals surface area contributed by atoms with Gasteiger partial charge in [-0.1, -0.05) is 12.7 Å². The molecule has 0 aliphatic carbocycles. The second-order valence-electron chi connectivity index (χ2n) is 10.9. The summed E-state index contributed by atoms with van der Waals surface area (Å²) in [6.07, 6.45) is 7.15. The highest BCUT2D eigenvalue weighted by molar-refractivity contribution is 8.13. The Morgan fingerprint density at radius 2 is 2.11 bits per heavy atom. The maximum atomic E-state index is 14.8. The summed E-state index contributed by atoms with van der Waals surface area (Å²) < 4.78 is 42.1. The van der Waals surface area contributed by atoms with E-state index in [-0.39, 0.29) is 25.6 Å². The number of nitrogens with zero attached hydrogens (tertiary/aromatic N) is 6. The van der Waals surface area contributed by atoms with E-state index >= 15 is 0 Å². The number of alkyl halides is 2. The van der Waals surface area contributed by atoms with Gasteiger partial charge in [0.25, 0.3) is 5.92 Å². The summed E-state index contributed by atoms with van der Waals surface area (Å²) in [6.45, 7) is 8.83. The molecular weight excluding hydrogens is 514 g/mol. The summed E-state index contributed by atoms with van der Waals surface area (Å²) in [7, 11) is 0. The van der Waals surface area contributed by atoms with Gasteiger partial charge in [-0.15, -0.1) is 11.8 Å². The predicted molar refractivity (Wildman–Crippen MR) is 144 cm³/mol. The monoisotopic (exact) mass is 552 g/mol. The van der Waals surface area contributed by atoms with Gasteiger partial charge in [0, 0.05) is 38.0 Å². The van der Waals surface area contributed by atoms with Gasteiger partial charge in [0.1, 0.15) is 11.4 Å². The molecule has 9 nitrogen and oxygen atoms in total. The van der Waals surface area contributed by atoms with E-state index in [1.54, 1.807) is 19.9 Å². The van der Waals surface area contributed by atoms with Crippen LogP contribution in [0.2, 0.25) is 0 Å². The zero-order valence-electron chi connectivity index (χ0n) is 22.4. The van der Waals surface area contributed by atoms with Crippen molar-refractivity contribution < 1.29 is 23.4 Å². The van der Waals surface area contributed by atoms with Crippen LogP contribution in [0.3, 0.4) is 0 Å². The molecule has 4 heterocycles. The molecule has 4 aliphatic rings. The molecular formula is C26H38F2N6O3S. The zero-order valence-corrected chi connectivity index (χ0v) is 23.2. The number of aliphatic hydroxyl groups is 1. The molecule has 4 aliphatic heterocycles. The molecule has 210 valence electrons. The van der Waals surface area contributed by atoms with Crippen molar-refractivity contribution in [2.24, 2.45) is 10.1 Å². The van der Waals surface area contributed by atoms with Crippen LogP contribution in [0.25, 0.3) is 0 Å². The molecule has 12 heteroatoms. The number of hydrogen-bond donors (Lipinski definition) is 1. The first kappa shape index (κ1) is 29.1. The Morgan fingerprint density at radius 3 is 2.74 bits per heavy atom. The fourth-order valence-electron chi connectivity index (χ4n) is 6.01. The van der Waals surface area contributed by atoms with Crippen LogP contribution in [0, 0.1) is 11.3 Å². The number of piperidine rings is 1. The van der Waals surface area contributed by atoms with Gasteiger partial charge in [0.05, 0.1) is 49.7 Å². The summed E-state index contributed by atoms with van der Waals surface area (Å²) in [5, 5.41) is 26.5. The standard InChI is InChI=1S/C26H38F2N6O3S/c1-5-6-20-23(38-4)30-18-31-34(20)14-19-13-21(37-24(2,3)35)22(36-19)15-33-17-26(27,28)16-25(33)7-10-32(11-8-25)12-9-29/h5-6,18-19,21-22,35H,1,7-8,10-17H2,2-4H3/b20-6-/t19-,21?,22-/m1/s1. The third-order valence-electron chi connectivity index (χ3n) is 7.59. The zero-order chi connectivity index (χ0) is 27.6. The van der Waals surface area contributed by atoms with Gasteiger partial charge < -0.3 is 14.6 Å². The minimum Gasteiger partial charge on any atom is -0.369 e. The minimum atomic E-state index is -2.79. The SMILES string of the molecule is C=C/C=C1/C(SC)=NC=NN1C[C@H]1CC(OC(C)(C)O)[C@@H](CN2CC(F)(F)CC23CCN(CC#N)CC3)O1. The number of allylic oxidation sites excluding steroid dienone is 2. The van der Waals surface area contributed by atoms with E-state index in [9.17, 15) is 13.9 Å². The van der Waals surface area contributed by atoms with Crippen molar-refractivity contribution >= 4 is 23.1 Å². The second-order valence-corrected chi connectivity index (χ2v) is 11.7. The predicted octanol–water partition coefficient (Wildman–Crippen LogP) is 3.05. The Balaban J connectivity index is 1.50. The molecule has 4 rings (SSSR count). The maximum absolute atomic E-state index is 14.8. The molecule has 0 aromatic heterocycles. The third-order valence-corrected chi connectivity index (χ3v) is 8.29. The van der Waals surface area contributed by atoms with Crippen LogP contribution in [0.4, 0.5) is 8.78 Å². The lowest BCUT2D eigenvalue weighted by atomic mass is 9.84. The van der Waals surface area contributed by atoms with Crippen LogP contribution in [0.1, 0.15) is 39.5 Å². The van der Waals surface area contributed by atoms with Crippen LogP contribution in [0.15, 0.2) is 34.5 Å². The Labute approximate surface area is 227 Å². The summed E-state index contributed by atoms with van der Waals surface area (Å²) in [6, 6.07) is 2.16.